The van der Waals surface area contributed by atoms with Crippen LogP contribution in [0.2, 0.25) is 0 Å². The van der Waals surface area contributed by atoms with Gasteiger partial charge in [-0.25, -0.2) is 4.79 Å². The van der Waals surface area contributed by atoms with E-state index in [1.807, 2.05) is 6.92 Å². The SMILES string of the molecule is CCCC[C@H]1C(OC)[C@@H](COC)O[C@H]1n1cc(C)c(N)nc1=O. The number of nitrogens with zero attached hydrogens (tertiary/aromatic N) is 2. The Morgan fingerprint density at radius 1 is 1.43 bits per heavy atom. The molecule has 1 saturated heterocycles. The van der Waals surface area contributed by atoms with E-state index in [4.69, 9.17) is 19.9 Å². The molecule has 7 nitrogen and oxygen atoms in total. The fourth-order valence-corrected chi connectivity index (χ4v) is 3.20. The minimum atomic E-state index is -0.411. The van der Waals surface area contributed by atoms with Gasteiger partial charge in [-0.05, 0) is 13.3 Å². The maximum Gasteiger partial charge on any atom is 0.351 e. The van der Waals surface area contributed by atoms with Gasteiger partial charge in [-0.15, -0.1) is 0 Å². The van der Waals surface area contributed by atoms with Gasteiger partial charge in [0.25, 0.3) is 0 Å². The Labute approximate surface area is 136 Å². The van der Waals surface area contributed by atoms with E-state index in [1.54, 1.807) is 20.4 Å². The van der Waals surface area contributed by atoms with Crippen molar-refractivity contribution in [3.63, 3.8) is 0 Å². The third kappa shape index (κ3) is 3.73. The second-order valence-electron chi connectivity index (χ2n) is 6.03. The van der Waals surface area contributed by atoms with E-state index < -0.39 is 11.9 Å². The lowest BCUT2D eigenvalue weighted by atomic mass is 9.93. The van der Waals surface area contributed by atoms with E-state index in [-0.39, 0.29) is 23.9 Å². The van der Waals surface area contributed by atoms with Crippen molar-refractivity contribution in [3.05, 3.63) is 22.2 Å². The first-order valence-corrected chi connectivity index (χ1v) is 8.05. The standard InChI is InChI=1S/C16H27N3O4/c1-5-6-7-11-13(22-4)12(9-21-3)23-15(11)19-8-10(2)14(17)18-16(19)20/h8,11-13,15H,5-7,9H2,1-4H3,(H2,17,18,20)/t11-,12+,13?,15+/m0/s1. The molecule has 2 N–H and O–H groups in total. The van der Waals surface area contributed by atoms with E-state index in [0.717, 1.165) is 24.8 Å². The molecule has 1 unspecified atom stereocenters. The molecule has 2 heterocycles. The van der Waals surface area contributed by atoms with Crippen LogP contribution in [0, 0.1) is 12.8 Å². The van der Waals surface area contributed by atoms with Crippen molar-refractivity contribution in [1.29, 1.82) is 0 Å². The fraction of sp³-hybridized carbons (Fsp3) is 0.750. The van der Waals surface area contributed by atoms with Gasteiger partial charge in [-0.3, -0.25) is 4.57 Å². The van der Waals surface area contributed by atoms with E-state index in [1.165, 1.54) is 4.57 Å². The van der Waals surface area contributed by atoms with Gasteiger partial charge in [0, 0.05) is 31.9 Å². The normalized spacial score (nSPS) is 27.5. The van der Waals surface area contributed by atoms with Gasteiger partial charge in [0.1, 0.15) is 18.1 Å². The quantitative estimate of drug-likeness (QED) is 0.817. The number of methoxy groups -OCH3 is 2. The number of aryl methyl sites for hydroxylation is 1. The van der Waals surface area contributed by atoms with Crippen LogP contribution in [-0.4, -0.2) is 42.6 Å². The summed E-state index contributed by atoms with van der Waals surface area (Å²) in [5, 5.41) is 0. The molecule has 7 heteroatoms. The molecule has 4 atom stereocenters. The van der Waals surface area contributed by atoms with Crippen molar-refractivity contribution in [3.8, 4) is 0 Å². The van der Waals surface area contributed by atoms with E-state index in [0.29, 0.717) is 6.61 Å². The summed E-state index contributed by atoms with van der Waals surface area (Å²) < 4.78 is 18.6. The molecule has 130 valence electrons. The molecule has 1 aromatic rings. The Balaban J connectivity index is 2.37. The molecule has 1 aliphatic heterocycles. The van der Waals surface area contributed by atoms with Crippen LogP contribution in [0.25, 0.3) is 0 Å². The van der Waals surface area contributed by atoms with Crippen LogP contribution >= 0.6 is 0 Å². The van der Waals surface area contributed by atoms with Crippen molar-refractivity contribution in [1.82, 2.24) is 9.55 Å². The summed E-state index contributed by atoms with van der Waals surface area (Å²) in [5.74, 6) is 0.328. The molecule has 0 amide bonds. The Hall–Kier alpha value is -1.44. The van der Waals surface area contributed by atoms with Crippen LogP contribution in [0.4, 0.5) is 5.82 Å². The van der Waals surface area contributed by atoms with Crippen molar-refractivity contribution in [2.24, 2.45) is 5.92 Å². The molecule has 0 aliphatic carbocycles. The zero-order chi connectivity index (χ0) is 17.0. The zero-order valence-electron chi connectivity index (χ0n) is 14.3. The first-order valence-electron chi connectivity index (χ1n) is 8.05. The lowest BCUT2D eigenvalue weighted by Crippen LogP contribution is -2.34. The summed E-state index contributed by atoms with van der Waals surface area (Å²) in [5.41, 5.74) is 6.08. The van der Waals surface area contributed by atoms with Crippen LogP contribution in [0.5, 0.6) is 0 Å². The first kappa shape index (κ1) is 17.9. The Morgan fingerprint density at radius 2 is 2.17 bits per heavy atom. The van der Waals surface area contributed by atoms with Crippen molar-refractivity contribution >= 4 is 5.82 Å². The predicted octanol–water partition coefficient (Wildman–Crippen LogP) is 1.50. The Morgan fingerprint density at radius 3 is 2.78 bits per heavy atom. The molecule has 0 aromatic carbocycles. The minimum absolute atomic E-state index is 0.0719. The minimum Gasteiger partial charge on any atom is -0.383 e. The average Bonchev–Trinajstić information content (AvgIpc) is 2.86. The van der Waals surface area contributed by atoms with Crippen LogP contribution in [0.1, 0.15) is 38.0 Å². The summed E-state index contributed by atoms with van der Waals surface area (Å²) in [6.45, 7) is 4.39. The molecular formula is C16H27N3O4. The number of ether oxygens (including phenoxy) is 3. The van der Waals surface area contributed by atoms with Crippen molar-refractivity contribution in [2.75, 3.05) is 26.6 Å². The average molecular weight is 325 g/mol. The molecule has 0 radical (unpaired) electrons. The second-order valence-corrected chi connectivity index (χ2v) is 6.03. The highest BCUT2D eigenvalue weighted by molar-refractivity contribution is 5.35. The molecule has 1 aliphatic rings. The number of hydrogen-bond donors (Lipinski definition) is 1. The zero-order valence-corrected chi connectivity index (χ0v) is 14.3. The van der Waals surface area contributed by atoms with Gasteiger partial charge in [0.15, 0.2) is 0 Å². The van der Waals surface area contributed by atoms with Crippen molar-refractivity contribution in [2.45, 2.75) is 51.5 Å². The number of nitrogens with two attached hydrogens (primary N) is 1. The first-order chi connectivity index (χ1) is 11.0. The topological polar surface area (TPSA) is 88.6 Å². The van der Waals surface area contributed by atoms with Gasteiger partial charge in [-0.2, -0.15) is 4.98 Å². The third-order valence-corrected chi connectivity index (χ3v) is 4.41. The van der Waals surface area contributed by atoms with Crippen molar-refractivity contribution < 1.29 is 14.2 Å². The second kappa shape index (κ2) is 7.90. The smallest absolute Gasteiger partial charge is 0.351 e. The molecule has 0 saturated carbocycles. The molecule has 0 bridgehead atoms. The number of anilines is 1. The molecule has 23 heavy (non-hydrogen) atoms. The van der Waals surface area contributed by atoms with Gasteiger partial charge in [-0.1, -0.05) is 19.8 Å². The highest BCUT2D eigenvalue weighted by Crippen LogP contribution is 2.39. The molecular weight excluding hydrogens is 298 g/mol. The van der Waals surface area contributed by atoms with Crippen LogP contribution < -0.4 is 11.4 Å². The Kier molecular flexibility index (Phi) is 6.15. The maximum absolute atomic E-state index is 12.3. The summed E-state index contributed by atoms with van der Waals surface area (Å²) in [7, 11) is 3.30. The number of nitrogen functional groups attached to an aromatic ring is 1. The lowest BCUT2D eigenvalue weighted by Gasteiger charge is -2.23. The van der Waals surface area contributed by atoms with E-state index >= 15 is 0 Å². The molecule has 1 fully saturated rings. The Bertz CT molecular complexity index is 575. The third-order valence-electron chi connectivity index (χ3n) is 4.41. The highest BCUT2D eigenvalue weighted by Gasteiger charge is 2.45. The maximum atomic E-state index is 12.3. The highest BCUT2D eigenvalue weighted by atomic mass is 16.6. The fourth-order valence-electron chi connectivity index (χ4n) is 3.20. The van der Waals surface area contributed by atoms with E-state index in [2.05, 4.69) is 11.9 Å². The van der Waals surface area contributed by atoms with Crippen LogP contribution in [-0.2, 0) is 14.2 Å². The lowest BCUT2D eigenvalue weighted by molar-refractivity contribution is -0.0623. The molecule has 1 aromatic heterocycles. The van der Waals surface area contributed by atoms with Gasteiger partial charge in [0.05, 0.1) is 12.7 Å². The number of rotatable bonds is 7. The summed E-state index contributed by atoms with van der Waals surface area (Å²) in [6.07, 6.45) is 4.01. The summed E-state index contributed by atoms with van der Waals surface area (Å²) in [4.78, 5) is 16.2. The number of hydrogen-bond acceptors (Lipinski definition) is 6. The predicted molar refractivity (Wildman–Crippen MR) is 87.2 cm³/mol. The summed E-state index contributed by atoms with van der Waals surface area (Å²) >= 11 is 0. The number of unbranched alkanes of at least 4 members (excludes halogenated alkanes) is 1. The number of aromatic nitrogens is 2. The van der Waals surface area contributed by atoms with Gasteiger partial charge < -0.3 is 19.9 Å². The molecule has 2 rings (SSSR count). The van der Waals surface area contributed by atoms with Gasteiger partial charge in [0.2, 0.25) is 0 Å². The monoisotopic (exact) mass is 325 g/mol. The van der Waals surface area contributed by atoms with Gasteiger partial charge >= 0.3 is 5.69 Å². The largest absolute Gasteiger partial charge is 0.383 e. The van der Waals surface area contributed by atoms with Crippen LogP contribution in [0.15, 0.2) is 11.0 Å². The summed E-state index contributed by atoms with van der Waals surface area (Å²) in [6, 6.07) is 0. The van der Waals surface area contributed by atoms with Crippen LogP contribution in [0.3, 0.4) is 0 Å². The van der Waals surface area contributed by atoms with E-state index in [9.17, 15) is 4.79 Å². The molecule has 0 spiro atoms.